The molecule has 0 spiro atoms. The van der Waals surface area contributed by atoms with Crippen molar-refractivity contribution in [1.29, 1.82) is 0 Å². The number of unbranched alkanes of at least 4 members (excludes halogenated alkanes) is 5. The molecule has 3 rings (SSSR count). The fraction of sp³-hybridized carbons (Fsp3) is 0.391. The molecule has 0 unspecified atom stereocenters. The van der Waals surface area contributed by atoms with Crippen molar-refractivity contribution in [3.05, 3.63) is 46.2 Å². The summed E-state index contributed by atoms with van der Waals surface area (Å²) in [6.45, 7) is 4.36. The Bertz CT molecular complexity index is 924. The number of nitrogen functional groups attached to an aromatic ring is 1. The molecule has 0 saturated carbocycles. The fourth-order valence-electron chi connectivity index (χ4n) is 3.45. The number of thiophene rings is 2. The normalized spacial score (nSPS) is 11.1. The van der Waals surface area contributed by atoms with Gasteiger partial charge in [-0.2, -0.15) is 4.36 Å². The summed E-state index contributed by atoms with van der Waals surface area (Å²) in [5.41, 5.74) is 12.6. The molecule has 2 N–H and O–H groups in total. The van der Waals surface area contributed by atoms with Crippen molar-refractivity contribution in [2.24, 2.45) is 4.36 Å². The van der Waals surface area contributed by atoms with Gasteiger partial charge in [-0.05, 0) is 53.8 Å². The van der Waals surface area contributed by atoms with Crippen LogP contribution in [-0.4, -0.2) is 0 Å². The van der Waals surface area contributed by atoms with E-state index >= 15 is 0 Å². The van der Waals surface area contributed by atoms with Gasteiger partial charge in [-0.15, -0.1) is 22.7 Å². The minimum Gasteiger partial charge on any atom is -0.396 e. The predicted molar refractivity (Wildman–Crippen MR) is 129 cm³/mol. The fourth-order valence-corrected chi connectivity index (χ4v) is 5.56. The first-order valence-corrected chi connectivity index (χ1v) is 12.2. The Morgan fingerprint density at radius 3 is 2.32 bits per heavy atom. The zero-order valence-corrected chi connectivity index (χ0v) is 19.1. The van der Waals surface area contributed by atoms with Crippen LogP contribution in [0.5, 0.6) is 0 Å². The minimum atomic E-state index is 0.681. The molecule has 0 aliphatic rings. The maximum atomic E-state index is 6.47. The number of nitrogens with two attached hydrogens (primary N) is 1. The number of aryl methyl sites for hydroxylation is 2. The molecular weight excluding hydrogens is 400 g/mol. The van der Waals surface area contributed by atoms with Crippen molar-refractivity contribution in [2.45, 2.75) is 58.8 Å². The molecule has 0 atom stereocenters. The Morgan fingerprint density at radius 2 is 1.61 bits per heavy atom. The van der Waals surface area contributed by atoms with Crippen LogP contribution in [0.15, 0.2) is 39.4 Å². The van der Waals surface area contributed by atoms with Gasteiger partial charge in [0.25, 0.3) is 0 Å². The summed E-state index contributed by atoms with van der Waals surface area (Å²) in [5.74, 6) is 0. The van der Waals surface area contributed by atoms with E-state index in [0.717, 1.165) is 28.1 Å². The highest BCUT2D eigenvalue weighted by atomic mass is 32.1. The third-order valence-electron chi connectivity index (χ3n) is 5.04. The van der Waals surface area contributed by atoms with E-state index in [-0.39, 0.29) is 0 Å². The summed E-state index contributed by atoms with van der Waals surface area (Å²) in [6, 6.07) is 8.66. The molecule has 0 aliphatic carbocycles. The molecule has 28 heavy (non-hydrogen) atoms. The highest BCUT2D eigenvalue weighted by molar-refractivity contribution is 7.47. The monoisotopic (exact) mass is 428 g/mol. The van der Waals surface area contributed by atoms with Crippen LogP contribution < -0.4 is 5.73 Å². The van der Waals surface area contributed by atoms with Crippen LogP contribution in [0.2, 0.25) is 0 Å². The van der Waals surface area contributed by atoms with Gasteiger partial charge in [-0.1, -0.05) is 51.2 Å². The van der Waals surface area contributed by atoms with Crippen molar-refractivity contribution in [1.82, 2.24) is 0 Å². The van der Waals surface area contributed by atoms with E-state index in [9.17, 15) is 0 Å². The van der Waals surface area contributed by atoms with Crippen molar-refractivity contribution >= 4 is 46.5 Å². The maximum absolute atomic E-state index is 6.47. The number of benzene rings is 1. The average molecular weight is 429 g/mol. The van der Waals surface area contributed by atoms with Gasteiger partial charge in [-0.3, -0.25) is 0 Å². The van der Waals surface area contributed by atoms with E-state index in [1.165, 1.54) is 54.5 Å². The standard InChI is InChI=1S/C23H28N2S3/c1-3-4-5-6-7-8-9-17-13-21(28-15-17)19-11-10-18(22(24)23(19)25-26)20-12-16(2)14-27-20/h10-15H,3-9,24H2,1-2H3. The van der Waals surface area contributed by atoms with Gasteiger partial charge in [0.15, 0.2) is 0 Å². The van der Waals surface area contributed by atoms with Crippen molar-refractivity contribution in [2.75, 3.05) is 5.73 Å². The lowest BCUT2D eigenvalue weighted by Gasteiger charge is -2.10. The molecule has 2 heterocycles. The SMILES string of the molecule is CCCCCCCCc1csc(-c2ccc(-c3cc(C)cs3)c(N)c2N=S)c1. The number of hydrogen-bond acceptors (Lipinski definition) is 5. The van der Waals surface area contributed by atoms with Gasteiger partial charge >= 0.3 is 0 Å². The van der Waals surface area contributed by atoms with E-state index in [0.29, 0.717) is 5.69 Å². The Labute approximate surface area is 182 Å². The highest BCUT2D eigenvalue weighted by Gasteiger charge is 2.15. The lowest BCUT2D eigenvalue weighted by molar-refractivity contribution is 0.608. The molecule has 2 nitrogen and oxygen atoms in total. The average Bonchev–Trinajstić information content (AvgIpc) is 3.33. The Kier molecular flexibility index (Phi) is 7.77. The first-order valence-electron chi connectivity index (χ1n) is 10.0. The minimum absolute atomic E-state index is 0.681. The van der Waals surface area contributed by atoms with Crippen LogP contribution in [0, 0.1) is 6.92 Å². The number of anilines is 1. The van der Waals surface area contributed by atoms with E-state index in [1.807, 2.05) is 0 Å². The van der Waals surface area contributed by atoms with E-state index < -0.39 is 0 Å². The van der Waals surface area contributed by atoms with Crippen molar-refractivity contribution in [3.63, 3.8) is 0 Å². The quantitative estimate of drug-likeness (QED) is 0.260. The van der Waals surface area contributed by atoms with Gasteiger partial charge in [0.1, 0.15) is 5.69 Å². The second kappa shape index (κ2) is 10.3. The Balaban J connectivity index is 1.74. The molecule has 3 aromatic rings. The number of hydrogen-bond donors (Lipinski definition) is 1. The second-order valence-corrected chi connectivity index (χ2v) is 9.34. The van der Waals surface area contributed by atoms with Crippen LogP contribution in [0.1, 0.15) is 56.6 Å². The van der Waals surface area contributed by atoms with E-state index in [2.05, 4.69) is 53.2 Å². The van der Waals surface area contributed by atoms with E-state index in [1.54, 1.807) is 22.7 Å². The van der Waals surface area contributed by atoms with Gasteiger partial charge in [0, 0.05) is 33.3 Å². The van der Waals surface area contributed by atoms with Gasteiger partial charge in [0.05, 0.1) is 5.69 Å². The van der Waals surface area contributed by atoms with Crippen LogP contribution in [0.4, 0.5) is 11.4 Å². The molecule has 148 valence electrons. The van der Waals surface area contributed by atoms with Crippen molar-refractivity contribution in [3.8, 4) is 20.9 Å². The zero-order chi connectivity index (χ0) is 19.9. The summed E-state index contributed by atoms with van der Waals surface area (Å²) < 4.78 is 4.12. The first kappa shape index (κ1) is 21.2. The molecule has 0 amide bonds. The van der Waals surface area contributed by atoms with Crippen molar-refractivity contribution < 1.29 is 0 Å². The predicted octanol–water partition coefficient (Wildman–Crippen LogP) is 8.30. The second-order valence-electron chi connectivity index (χ2n) is 7.34. The summed E-state index contributed by atoms with van der Waals surface area (Å²) >= 11 is 8.55. The Hall–Kier alpha value is -1.56. The lowest BCUT2D eigenvalue weighted by atomic mass is 10.0. The molecule has 1 aromatic carbocycles. The molecule has 0 saturated heterocycles. The van der Waals surface area contributed by atoms with Gasteiger partial charge in [0.2, 0.25) is 0 Å². The molecular formula is C23H28N2S3. The summed E-state index contributed by atoms with van der Waals surface area (Å²) in [7, 11) is 0. The summed E-state index contributed by atoms with van der Waals surface area (Å²) in [6.07, 6.45) is 9.10. The summed E-state index contributed by atoms with van der Waals surface area (Å²) in [5, 5.41) is 4.41. The lowest BCUT2D eigenvalue weighted by Crippen LogP contribution is -1.91. The largest absolute Gasteiger partial charge is 0.396 e. The highest BCUT2D eigenvalue weighted by Crippen LogP contribution is 2.44. The smallest absolute Gasteiger partial charge is 0.109 e. The molecule has 0 aliphatic heterocycles. The third kappa shape index (κ3) is 5.07. The van der Waals surface area contributed by atoms with Crippen LogP contribution in [-0.2, 0) is 18.8 Å². The first-order chi connectivity index (χ1) is 13.6. The summed E-state index contributed by atoms with van der Waals surface area (Å²) in [4.78, 5) is 2.36. The molecule has 0 fully saturated rings. The Morgan fingerprint density at radius 1 is 0.929 bits per heavy atom. The van der Waals surface area contributed by atoms with E-state index in [4.69, 9.17) is 18.2 Å². The molecule has 5 heteroatoms. The van der Waals surface area contributed by atoms with Crippen LogP contribution in [0.25, 0.3) is 20.9 Å². The number of rotatable bonds is 10. The van der Waals surface area contributed by atoms with Crippen LogP contribution >= 0.6 is 22.7 Å². The van der Waals surface area contributed by atoms with Crippen LogP contribution in [0.3, 0.4) is 0 Å². The zero-order valence-electron chi connectivity index (χ0n) is 16.7. The molecule has 0 bridgehead atoms. The molecule has 2 aromatic heterocycles. The van der Waals surface area contributed by atoms with Gasteiger partial charge < -0.3 is 5.73 Å². The maximum Gasteiger partial charge on any atom is 0.109 e. The number of nitrogens with zero attached hydrogens (tertiary/aromatic N) is 1. The van der Waals surface area contributed by atoms with Gasteiger partial charge in [-0.25, -0.2) is 0 Å². The molecule has 0 radical (unpaired) electrons. The topological polar surface area (TPSA) is 38.4 Å². The third-order valence-corrected chi connectivity index (χ3v) is 7.32.